The van der Waals surface area contributed by atoms with Crippen molar-refractivity contribution in [1.82, 2.24) is 4.90 Å². The second-order valence-corrected chi connectivity index (χ2v) is 9.23. The molecule has 4 nitrogen and oxygen atoms in total. The van der Waals surface area contributed by atoms with Crippen molar-refractivity contribution in [2.75, 3.05) is 0 Å². The second kappa shape index (κ2) is 4.02. The number of amides is 1. The topological polar surface area (TPSA) is 38.8 Å². The predicted molar refractivity (Wildman–Crippen MR) is 85.6 cm³/mol. The van der Waals surface area contributed by atoms with E-state index in [1.165, 1.54) is 6.42 Å². The van der Waals surface area contributed by atoms with Gasteiger partial charge in [0.1, 0.15) is 5.60 Å². The van der Waals surface area contributed by atoms with Crippen LogP contribution in [0, 0.1) is 17.3 Å². The minimum Gasteiger partial charge on any atom is -0.358 e. The van der Waals surface area contributed by atoms with E-state index in [0.717, 1.165) is 19.3 Å². The first-order chi connectivity index (χ1) is 10.8. The lowest BCUT2D eigenvalue weighted by Crippen LogP contribution is -2.66. The molecule has 1 aliphatic carbocycles. The van der Waals surface area contributed by atoms with Crippen molar-refractivity contribution in [3.8, 4) is 0 Å². The molecule has 1 spiro atoms. The van der Waals surface area contributed by atoms with Gasteiger partial charge in [0, 0.05) is 11.5 Å². The molecule has 0 N–H and O–H groups in total. The van der Waals surface area contributed by atoms with Crippen molar-refractivity contribution < 1.29 is 14.3 Å². The molecule has 4 aliphatic heterocycles. The Balaban J connectivity index is 1.62. The molecule has 0 aromatic rings. The number of hydrogen-bond donors (Lipinski definition) is 0. The van der Waals surface area contributed by atoms with Gasteiger partial charge in [-0.25, -0.2) is 0 Å². The lowest BCUT2D eigenvalue weighted by atomic mass is 9.69. The molecule has 5 aliphatic rings. The van der Waals surface area contributed by atoms with Crippen LogP contribution in [0.5, 0.6) is 0 Å². The van der Waals surface area contributed by atoms with Crippen molar-refractivity contribution in [2.45, 2.75) is 83.0 Å². The summed E-state index contributed by atoms with van der Waals surface area (Å²) in [6.45, 7) is 8.89. The van der Waals surface area contributed by atoms with E-state index in [-0.39, 0.29) is 29.9 Å². The molecule has 4 fully saturated rings. The van der Waals surface area contributed by atoms with Gasteiger partial charge in [0.05, 0.1) is 17.6 Å². The van der Waals surface area contributed by atoms with Gasteiger partial charge in [-0.05, 0) is 52.0 Å². The fourth-order valence-corrected chi connectivity index (χ4v) is 6.15. The van der Waals surface area contributed by atoms with E-state index < -0.39 is 11.0 Å². The van der Waals surface area contributed by atoms with Crippen LogP contribution >= 0.6 is 0 Å². The normalized spacial score (nSPS) is 55.7. The zero-order valence-corrected chi connectivity index (χ0v) is 14.5. The molecule has 2 bridgehead atoms. The Morgan fingerprint density at radius 3 is 2.78 bits per heavy atom. The fourth-order valence-electron chi connectivity index (χ4n) is 6.15. The molecule has 5 rings (SSSR count). The maximum Gasteiger partial charge on any atom is 0.234 e. The number of fused-ring (bicyclic) bond motifs is 3. The van der Waals surface area contributed by atoms with Gasteiger partial charge in [0.15, 0.2) is 6.23 Å². The molecule has 1 amide bonds. The molecule has 126 valence electrons. The van der Waals surface area contributed by atoms with Gasteiger partial charge in [-0.1, -0.05) is 19.4 Å². The van der Waals surface area contributed by atoms with Gasteiger partial charge < -0.3 is 14.4 Å². The third kappa shape index (κ3) is 1.45. The molecule has 0 aromatic heterocycles. The molecule has 1 saturated carbocycles. The minimum atomic E-state index is -0.572. The predicted octanol–water partition coefficient (Wildman–Crippen LogP) is 2.87. The number of hydrogen-bond acceptors (Lipinski definition) is 3. The average Bonchev–Trinajstić information content (AvgIpc) is 3.06. The van der Waals surface area contributed by atoms with Crippen LogP contribution in [-0.4, -0.2) is 40.4 Å². The molecule has 7 atom stereocenters. The highest BCUT2D eigenvalue weighted by Gasteiger charge is 2.77. The Morgan fingerprint density at radius 1 is 1.26 bits per heavy atom. The lowest BCUT2D eigenvalue weighted by molar-refractivity contribution is -0.253. The maximum atomic E-state index is 13.4. The van der Waals surface area contributed by atoms with Crippen LogP contribution in [0.2, 0.25) is 0 Å². The summed E-state index contributed by atoms with van der Waals surface area (Å²) < 4.78 is 12.9. The number of rotatable bonds is 0. The molecule has 3 saturated heterocycles. The molecule has 4 heterocycles. The van der Waals surface area contributed by atoms with Crippen molar-refractivity contribution in [3.63, 3.8) is 0 Å². The first-order valence-corrected chi connectivity index (χ1v) is 9.16. The van der Waals surface area contributed by atoms with Gasteiger partial charge in [0.25, 0.3) is 0 Å². The summed E-state index contributed by atoms with van der Waals surface area (Å²) in [4.78, 5) is 15.5. The lowest BCUT2D eigenvalue weighted by Gasteiger charge is -2.56. The number of nitrogens with zero attached hydrogens (tertiary/aromatic N) is 1. The minimum absolute atomic E-state index is 0.0841. The summed E-state index contributed by atoms with van der Waals surface area (Å²) in [6, 6.07) is 0. The van der Waals surface area contributed by atoms with E-state index in [2.05, 4.69) is 44.7 Å². The van der Waals surface area contributed by atoms with Gasteiger partial charge in [-0.15, -0.1) is 0 Å². The Hall–Kier alpha value is -0.870. The third-order valence-corrected chi connectivity index (χ3v) is 7.55. The molecule has 0 radical (unpaired) electrons. The van der Waals surface area contributed by atoms with Crippen molar-refractivity contribution >= 4 is 5.91 Å². The number of carbonyl (C=O) groups is 1. The first kappa shape index (κ1) is 14.5. The van der Waals surface area contributed by atoms with Crippen LogP contribution in [0.3, 0.4) is 0 Å². The third-order valence-electron chi connectivity index (χ3n) is 7.55. The monoisotopic (exact) mass is 317 g/mol. The van der Waals surface area contributed by atoms with Gasteiger partial charge >= 0.3 is 0 Å². The molecule has 4 heteroatoms. The highest BCUT2D eigenvalue weighted by molar-refractivity contribution is 5.90. The summed E-state index contributed by atoms with van der Waals surface area (Å²) in [7, 11) is 0. The van der Waals surface area contributed by atoms with Crippen molar-refractivity contribution in [3.05, 3.63) is 12.2 Å². The van der Waals surface area contributed by atoms with E-state index in [0.29, 0.717) is 11.8 Å². The summed E-state index contributed by atoms with van der Waals surface area (Å²) in [6.07, 6.45) is 8.62. The van der Waals surface area contributed by atoms with E-state index in [1.54, 1.807) is 0 Å². The Labute approximate surface area is 138 Å². The maximum absolute atomic E-state index is 13.4. The number of carbonyl (C=O) groups excluding carboxylic acids is 1. The smallest absolute Gasteiger partial charge is 0.234 e. The van der Waals surface area contributed by atoms with E-state index in [1.807, 2.05) is 0 Å². The van der Waals surface area contributed by atoms with Gasteiger partial charge in [-0.2, -0.15) is 0 Å². The van der Waals surface area contributed by atoms with Crippen LogP contribution in [0.25, 0.3) is 0 Å². The summed E-state index contributed by atoms with van der Waals surface area (Å²) in [5, 5.41) is 0. The molecule has 0 aromatic carbocycles. The Morgan fingerprint density at radius 2 is 2.04 bits per heavy atom. The molecular weight excluding hydrogens is 290 g/mol. The van der Waals surface area contributed by atoms with Crippen molar-refractivity contribution in [1.29, 1.82) is 0 Å². The Kier molecular flexibility index (Phi) is 2.53. The zero-order valence-electron chi connectivity index (χ0n) is 14.5. The van der Waals surface area contributed by atoms with E-state index in [4.69, 9.17) is 9.47 Å². The summed E-state index contributed by atoms with van der Waals surface area (Å²) in [5.41, 5.74) is -1.20. The van der Waals surface area contributed by atoms with Gasteiger partial charge in [-0.3, -0.25) is 4.79 Å². The van der Waals surface area contributed by atoms with Crippen LogP contribution < -0.4 is 0 Å². The molecular formula is C19H27NO3. The quantitative estimate of drug-likeness (QED) is 0.645. The highest BCUT2D eigenvalue weighted by Crippen LogP contribution is 2.64. The average molecular weight is 317 g/mol. The Bertz CT molecular complexity index is 614. The van der Waals surface area contributed by atoms with Crippen LogP contribution in [0.1, 0.15) is 53.4 Å². The van der Waals surface area contributed by atoms with Crippen LogP contribution in [0.15, 0.2) is 12.2 Å². The van der Waals surface area contributed by atoms with Crippen molar-refractivity contribution in [2.24, 2.45) is 17.3 Å². The van der Waals surface area contributed by atoms with Crippen LogP contribution in [0.4, 0.5) is 0 Å². The molecule has 23 heavy (non-hydrogen) atoms. The van der Waals surface area contributed by atoms with Crippen LogP contribution in [-0.2, 0) is 14.3 Å². The largest absolute Gasteiger partial charge is 0.358 e. The fraction of sp³-hybridized carbons (Fsp3) is 0.842. The zero-order chi connectivity index (χ0) is 16.2. The summed E-state index contributed by atoms with van der Waals surface area (Å²) >= 11 is 0. The first-order valence-electron chi connectivity index (χ1n) is 9.16. The summed E-state index contributed by atoms with van der Waals surface area (Å²) in [5.74, 6) is 1.37. The second-order valence-electron chi connectivity index (χ2n) is 9.23. The molecule has 0 unspecified atom stereocenters. The standard InChI is InChI=1S/C19H27NO3/c1-11-5-6-13-14(9-11)22-16-19-8-7-12(23-19)10-18(19,4)15(21)20(16)17(13,2)3/h7-8,11-14,16H,5-6,9-10H2,1-4H3/t11-,12-,13-,14-,16+,18+,19-/m1/s1. The SMILES string of the molecule is C[C@@H]1CC[C@@H]2[C@@H](C1)O[C@@H]1N(C(=O)[C@]3(C)C[C@H]4C=C[C@@]13O4)C2(C)C. The number of ether oxygens (including phenoxy) is 2. The van der Waals surface area contributed by atoms with Gasteiger partial charge in [0.2, 0.25) is 5.91 Å². The van der Waals surface area contributed by atoms with E-state index in [9.17, 15) is 4.79 Å². The highest BCUT2D eigenvalue weighted by atomic mass is 16.6. The van der Waals surface area contributed by atoms with E-state index >= 15 is 0 Å².